The normalized spacial score (nSPS) is 15.2. The van der Waals surface area contributed by atoms with Crippen LogP contribution in [0, 0.1) is 12.7 Å². The van der Waals surface area contributed by atoms with Crippen molar-refractivity contribution in [3.8, 4) is 11.1 Å². The maximum Gasteiger partial charge on any atom is 0.151 e. The molecule has 33 heavy (non-hydrogen) atoms. The quantitative estimate of drug-likeness (QED) is 0.363. The highest BCUT2D eigenvalue weighted by molar-refractivity contribution is 7.86. The van der Waals surface area contributed by atoms with E-state index in [9.17, 15) is 8.60 Å². The summed E-state index contributed by atoms with van der Waals surface area (Å²) < 4.78 is 31.3. The minimum atomic E-state index is -1.63. The lowest BCUT2D eigenvalue weighted by Crippen LogP contribution is -2.06. The number of hydrogen-bond acceptors (Lipinski definition) is 4. The van der Waals surface area contributed by atoms with Gasteiger partial charge in [-0.1, -0.05) is 30.5 Å². The Morgan fingerprint density at radius 3 is 2.70 bits per heavy atom. The monoisotopic (exact) mass is 483 g/mol. The third-order valence-electron chi connectivity index (χ3n) is 6.19. The van der Waals surface area contributed by atoms with Crippen molar-refractivity contribution in [2.75, 3.05) is 10.5 Å². The van der Waals surface area contributed by atoms with E-state index in [1.165, 1.54) is 31.3 Å². The summed E-state index contributed by atoms with van der Waals surface area (Å²) in [7, 11) is -1.63. The third kappa shape index (κ3) is 4.09. The topological polar surface area (TPSA) is 85.8 Å². The molecular formula is C24H23ClFN5OS. The summed E-state index contributed by atoms with van der Waals surface area (Å²) in [6.07, 6.45) is 8.34. The fraction of sp³-hybridized carbons (Fsp3) is 0.250. The predicted molar refractivity (Wildman–Crippen MR) is 131 cm³/mol. The molecular weight excluding hydrogens is 461 g/mol. The summed E-state index contributed by atoms with van der Waals surface area (Å²) in [5, 5.41) is 0.969. The number of benzene rings is 2. The van der Waals surface area contributed by atoms with Gasteiger partial charge < -0.3 is 15.0 Å². The average Bonchev–Trinajstić information content (AvgIpc) is 3.43. The van der Waals surface area contributed by atoms with Gasteiger partial charge in [0.15, 0.2) is 11.0 Å². The summed E-state index contributed by atoms with van der Waals surface area (Å²) in [6.45, 7) is 1.94. The average molecular weight is 484 g/mol. The third-order valence-corrected chi connectivity index (χ3v) is 7.78. The summed E-state index contributed by atoms with van der Waals surface area (Å²) in [5.41, 5.74) is 10.7. The lowest BCUT2D eigenvalue weighted by Gasteiger charge is -2.12. The fourth-order valence-electron chi connectivity index (χ4n) is 4.51. The number of nitrogens with zero attached hydrogens (tertiary/aromatic N) is 3. The van der Waals surface area contributed by atoms with E-state index in [1.807, 2.05) is 25.1 Å². The molecule has 1 aliphatic rings. The lowest BCUT2D eigenvalue weighted by molar-refractivity contribution is 0.532. The van der Waals surface area contributed by atoms with Crippen molar-refractivity contribution in [1.82, 2.24) is 14.5 Å². The number of rotatable bonds is 5. The van der Waals surface area contributed by atoms with Crippen LogP contribution in [0.2, 0.25) is 5.02 Å². The van der Waals surface area contributed by atoms with Crippen LogP contribution in [0.1, 0.15) is 37.3 Å². The summed E-state index contributed by atoms with van der Waals surface area (Å²) in [5.74, 6) is -0.0139. The zero-order valence-corrected chi connectivity index (χ0v) is 19.6. The smallest absolute Gasteiger partial charge is 0.151 e. The van der Waals surface area contributed by atoms with Gasteiger partial charge in [0.2, 0.25) is 0 Å². The second kappa shape index (κ2) is 8.76. The molecule has 2 aromatic carbocycles. The van der Waals surface area contributed by atoms with Crippen molar-refractivity contribution in [3.05, 3.63) is 65.3 Å². The second-order valence-electron chi connectivity index (χ2n) is 8.32. The van der Waals surface area contributed by atoms with Gasteiger partial charge in [0, 0.05) is 23.5 Å². The van der Waals surface area contributed by atoms with Gasteiger partial charge in [-0.15, -0.1) is 0 Å². The van der Waals surface area contributed by atoms with E-state index in [-0.39, 0.29) is 5.02 Å². The molecule has 1 atom stereocenters. The van der Waals surface area contributed by atoms with Gasteiger partial charge >= 0.3 is 0 Å². The first-order chi connectivity index (χ1) is 15.9. The minimum absolute atomic E-state index is 0.116. The highest BCUT2D eigenvalue weighted by Crippen LogP contribution is 2.39. The van der Waals surface area contributed by atoms with Crippen LogP contribution in [0.25, 0.3) is 22.2 Å². The first-order valence-corrected chi connectivity index (χ1v) is 12.3. The Labute approximate surface area is 198 Å². The van der Waals surface area contributed by atoms with Gasteiger partial charge in [0.25, 0.3) is 0 Å². The summed E-state index contributed by atoms with van der Waals surface area (Å²) in [6, 6.07) is 10.1. The van der Waals surface area contributed by atoms with Crippen LogP contribution in [0.15, 0.2) is 53.8 Å². The molecule has 1 saturated carbocycles. The molecule has 2 aromatic heterocycles. The van der Waals surface area contributed by atoms with E-state index < -0.39 is 16.8 Å². The molecule has 3 N–H and O–H groups in total. The first kappa shape index (κ1) is 21.9. The van der Waals surface area contributed by atoms with E-state index in [0.717, 1.165) is 46.6 Å². The highest BCUT2D eigenvalue weighted by Gasteiger charge is 2.23. The number of nitrogen functional groups attached to an aromatic ring is 1. The molecule has 0 spiro atoms. The van der Waals surface area contributed by atoms with Gasteiger partial charge in [0.05, 0.1) is 15.3 Å². The Kier molecular flexibility index (Phi) is 5.80. The van der Waals surface area contributed by atoms with Crippen LogP contribution < -0.4 is 10.5 Å². The Hall–Kier alpha value is -2.97. The highest BCUT2D eigenvalue weighted by atomic mass is 35.5. The van der Waals surface area contributed by atoms with Gasteiger partial charge in [-0.25, -0.2) is 18.6 Å². The summed E-state index contributed by atoms with van der Waals surface area (Å²) >= 11 is 6.06. The van der Waals surface area contributed by atoms with Crippen molar-refractivity contribution in [1.29, 1.82) is 0 Å². The van der Waals surface area contributed by atoms with Crippen LogP contribution in [0.4, 0.5) is 15.9 Å². The molecule has 0 radical (unpaired) electrons. The first-order valence-electron chi connectivity index (χ1n) is 10.8. The molecule has 1 fully saturated rings. The van der Waals surface area contributed by atoms with Crippen molar-refractivity contribution in [2.24, 2.45) is 0 Å². The molecule has 1 unspecified atom stereocenters. The molecule has 2 heterocycles. The predicted octanol–water partition coefficient (Wildman–Crippen LogP) is 6.03. The van der Waals surface area contributed by atoms with Crippen molar-refractivity contribution in [2.45, 2.75) is 43.5 Å². The number of hydrogen-bond donors (Lipinski definition) is 2. The molecule has 4 aromatic rings. The van der Waals surface area contributed by atoms with Crippen LogP contribution in [0.3, 0.4) is 0 Å². The Morgan fingerprint density at radius 2 is 1.97 bits per heavy atom. The maximum atomic E-state index is 13.3. The number of halogens is 2. The van der Waals surface area contributed by atoms with E-state index in [1.54, 1.807) is 0 Å². The van der Waals surface area contributed by atoms with Gasteiger partial charge in [0.1, 0.15) is 23.6 Å². The van der Waals surface area contributed by atoms with Crippen LogP contribution in [-0.2, 0) is 11.0 Å². The van der Waals surface area contributed by atoms with E-state index in [4.69, 9.17) is 17.3 Å². The molecule has 0 saturated heterocycles. The van der Waals surface area contributed by atoms with E-state index >= 15 is 0 Å². The number of aromatic nitrogens is 3. The Bertz CT molecular complexity index is 1380. The maximum absolute atomic E-state index is 13.3. The number of nitrogens with one attached hydrogen (secondary N) is 1. The van der Waals surface area contributed by atoms with Crippen LogP contribution >= 0.6 is 11.6 Å². The summed E-state index contributed by atoms with van der Waals surface area (Å²) in [4.78, 5) is 9.09. The number of fused-ring (bicyclic) bond motifs is 1. The standard InChI is InChI=1S/C24H23ClFN5OS/c1-14-10-15(6-8-20(14)30-33(32)21-9-7-16(26)11-19(21)25)18-12-31(17-4-2-3-5-17)24-22(18)23(27)28-13-29-24/h6-13,17,30H,2-5H2,1H3,(H2,27,28,29). The lowest BCUT2D eigenvalue weighted by atomic mass is 10.0. The molecule has 0 aliphatic heterocycles. The molecule has 9 heteroatoms. The molecule has 0 amide bonds. The molecule has 5 rings (SSSR count). The van der Waals surface area contributed by atoms with Gasteiger partial charge in [-0.05, 0) is 61.2 Å². The Morgan fingerprint density at radius 1 is 1.18 bits per heavy atom. The van der Waals surface area contributed by atoms with E-state index in [0.29, 0.717) is 22.4 Å². The van der Waals surface area contributed by atoms with Crippen molar-refractivity contribution in [3.63, 3.8) is 0 Å². The Balaban J connectivity index is 1.50. The van der Waals surface area contributed by atoms with Gasteiger partial charge in [-0.2, -0.15) is 0 Å². The zero-order valence-electron chi connectivity index (χ0n) is 18.0. The number of anilines is 2. The molecule has 0 bridgehead atoms. The van der Waals surface area contributed by atoms with Crippen molar-refractivity contribution >= 4 is 45.1 Å². The number of nitrogens with two attached hydrogens (primary N) is 1. The van der Waals surface area contributed by atoms with E-state index in [2.05, 4.69) is 25.5 Å². The SMILES string of the molecule is Cc1cc(-c2cn(C3CCCC3)c3ncnc(N)c23)ccc1NS(=O)c1ccc(F)cc1Cl. The van der Waals surface area contributed by atoms with Crippen LogP contribution in [-0.4, -0.2) is 18.7 Å². The van der Waals surface area contributed by atoms with Crippen LogP contribution in [0.5, 0.6) is 0 Å². The molecule has 1 aliphatic carbocycles. The molecule has 6 nitrogen and oxygen atoms in total. The second-order valence-corrected chi connectivity index (χ2v) is 9.91. The van der Waals surface area contributed by atoms with Gasteiger partial charge in [-0.3, -0.25) is 0 Å². The van der Waals surface area contributed by atoms with Crippen molar-refractivity contribution < 1.29 is 8.60 Å². The largest absolute Gasteiger partial charge is 0.383 e. The fourth-order valence-corrected chi connectivity index (χ4v) is 5.86. The zero-order chi connectivity index (χ0) is 23.1. The number of aryl methyl sites for hydroxylation is 1. The minimum Gasteiger partial charge on any atom is -0.383 e. The molecule has 170 valence electrons.